The second-order valence-corrected chi connectivity index (χ2v) is 8.03. The van der Waals surface area contributed by atoms with Crippen LogP contribution in [0.5, 0.6) is 17.2 Å². The zero-order valence-electron chi connectivity index (χ0n) is 16.4. The van der Waals surface area contributed by atoms with E-state index in [4.69, 9.17) is 26.4 Å². The van der Waals surface area contributed by atoms with Crippen LogP contribution in [-0.2, 0) is 11.2 Å². The molecule has 7 heteroatoms. The van der Waals surface area contributed by atoms with E-state index in [2.05, 4.69) is 24.4 Å². The van der Waals surface area contributed by atoms with Crippen molar-refractivity contribution in [1.29, 1.82) is 0 Å². The standard InChI is InChI=1S/C22H23NO4S2/c1-3-15-5-8-17(9-6-15)26-11-4-12-27-18-10-7-16(13-19(18)25-2)14-20-21(24)23-22(28)29-20/h5-10,13-14H,3-4,11-12H2,1-2H3,(H,23,24,28)/b20-14+. The monoisotopic (exact) mass is 429 g/mol. The molecule has 152 valence electrons. The average molecular weight is 430 g/mol. The van der Waals surface area contributed by atoms with Gasteiger partial charge in [0.1, 0.15) is 10.1 Å². The lowest BCUT2D eigenvalue weighted by Crippen LogP contribution is -2.17. The number of carbonyl (C=O) groups excluding carboxylic acids is 1. The Kier molecular flexibility index (Phi) is 7.55. The fourth-order valence-electron chi connectivity index (χ4n) is 2.72. The summed E-state index contributed by atoms with van der Waals surface area (Å²) in [7, 11) is 1.59. The first-order valence-electron chi connectivity index (χ1n) is 9.36. The molecule has 0 saturated carbocycles. The van der Waals surface area contributed by atoms with Crippen molar-refractivity contribution in [2.75, 3.05) is 20.3 Å². The van der Waals surface area contributed by atoms with Crippen LogP contribution < -0.4 is 19.5 Å². The van der Waals surface area contributed by atoms with Gasteiger partial charge in [-0.25, -0.2) is 0 Å². The summed E-state index contributed by atoms with van der Waals surface area (Å²) in [6.07, 6.45) is 3.55. The summed E-state index contributed by atoms with van der Waals surface area (Å²) >= 11 is 6.26. The number of hydrogen-bond donors (Lipinski definition) is 1. The summed E-state index contributed by atoms with van der Waals surface area (Å²) < 4.78 is 17.5. The van der Waals surface area contributed by atoms with E-state index in [9.17, 15) is 4.79 Å². The summed E-state index contributed by atoms with van der Waals surface area (Å²) in [5.41, 5.74) is 2.14. The lowest BCUT2D eigenvalue weighted by molar-refractivity contribution is -0.115. The Hall–Kier alpha value is -2.51. The predicted octanol–water partition coefficient (Wildman–Crippen LogP) is 4.59. The maximum Gasteiger partial charge on any atom is 0.263 e. The summed E-state index contributed by atoms with van der Waals surface area (Å²) in [5, 5.41) is 2.60. The number of benzene rings is 2. The molecular weight excluding hydrogens is 406 g/mol. The Morgan fingerprint density at radius 2 is 1.83 bits per heavy atom. The molecular formula is C22H23NO4S2. The van der Waals surface area contributed by atoms with E-state index in [1.807, 2.05) is 30.3 Å². The highest BCUT2D eigenvalue weighted by molar-refractivity contribution is 8.26. The molecule has 0 spiro atoms. The predicted molar refractivity (Wildman–Crippen MR) is 121 cm³/mol. The van der Waals surface area contributed by atoms with Gasteiger partial charge >= 0.3 is 0 Å². The van der Waals surface area contributed by atoms with Crippen molar-refractivity contribution in [3.8, 4) is 17.2 Å². The number of ether oxygens (including phenoxy) is 3. The summed E-state index contributed by atoms with van der Waals surface area (Å²) in [6.45, 7) is 3.21. The number of thioether (sulfide) groups is 1. The highest BCUT2D eigenvalue weighted by atomic mass is 32.2. The van der Waals surface area contributed by atoms with Gasteiger partial charge in [0.25, 0.3) is 5.91 Å². The lowest BCUT2D eigenvalue weighted by atomic mass is 10.2. The van der Waals surface area contributed by atoms with Gasteiger partial charge in [-0.05, 0) is 47.9 Å². The molecule has 3 rings (SSSR count). The molecule has 0 unspecified atom stereocenters. The Labute approximate surface area is 180 Å². The van der Waals surface area contributed by atoms with Gasteiger partial charge in [-0.3, -0.25) is 4.79 Å². The Morgan fingerprint density at radius 1 is 1.07 bits per heavy atom. The normalized spacial score (nSPS) is 14.8. The van der Waals surface area contributed by atoms with Crippen molar-refractivity contribution in [2.45, 2.75) is 19.8 Å². The molecule has 0 radical (unpaired) electrons. The molecule has 0 bridgehead atoms. The molecule has 0 aliphatic carbocycles. The van der Waals surface area contributed by atoms with Gasteiger partial charge in [0.05, 0.1) is 25.2 Å². The van der Waals surface area contributed by atoms with E-state index in [1.165, 1.54) is 17.3 Å². The third-order valence-electron chi connectivity index (χ3n) is 4.27. The van der Waals surface area contributed by atoms with Crippen LogP contribution in [-0.4, -0.2) is 30.6 Å². The summed E-state index contributed by atoms with van der Waals surface area (Å²) in [4.78, 5) is 12.4. The van der Waals surface area contributed by atoms with Crippen molar-refractivity contribution < 1.29 is 19.0 Å². The summed E-state index contributed by atoms with van der Waals surface area (Å²) in [5.74, 6) is 1.96. The smallest absolute Gasteiger partial charge is 0.263 e. The maximum absolute atomic E-state index is 11.8. The van der Waals surface area contributed by atoms with E-state index in [1.54, 1.807) is 13.2 Å². The van der Waals surface area contributed by atoms with Gasteiger partial charge in [-0.15, -0.1) is 0 Å². The Balaban J connectivity index is 1.51. The number of nitrogens with one attached hydrogen (secondary N) is 1. The van der Waals surface area contributed by atoms with Gasteiger partial charge in [0.15, 0.2) is 11.5 Å². The number of hydrogen-bond acceptors (Lipinski definition) is 6. The van der Waals surface area contributed by atoms with Gasteiger partial charge in [-0.2, -0.15) is 0 Å². The topological polar surface area (TPSA) is 56.8 Å². The van der Waals surface area contributed by atoms with Crippen LogP contribution in [0.25, 0.3) is 6.08 Å². The fourth-order valence-corrected chi connectivity index (χ4v) is 3.76. The van der Waals surface area contributed by atoms with Crippen LogP contribution in [0.4, 0.5) is 0 Å². The molecule has 2 aromatic rings. The molecule has 2 aromatic carbocycles. The van der Waals surface area contributed by atoms with Crippen molar-refractivity contribution in [1.82, 2.24) is 5.32 Å². The average Bonchev–Trinajstić information content (AvgIpc) is 3.05. The van der Waals surface area contributed by atoms with Crippen molar-refractivity contribution in [2.24, 2.45) is 0 Å². The van der Waals surface area contributed by atoms with Crippen LogP contribution in [0.2, 0.25) is 0 Å². The van der Waals surface area contributed by atoms with Gasteiger partial charge in [-0.1, -0.05) is 49.1 Å². The van der Waals surface area contributed by atoms with E-state index in [0.717, 1.165) is 24.2 Å². The minimum atomic E-state index is -0.177. The second kappa shape index (κ2) is 10.3. The van der Waals surface area contributed by atoms with Crippen LogP contribution in [0.15, 0.2) is 47.4 Å². The first kappa shape index (κ1) is 21.2. The quantitative estimate of drug-likeness (QED) is 0.357. The molecule has 29 heavy (non-hydrogen) atoms. The van der Waals surface area contributed by atoms with Crippen LogP contribution in [0.3, 0.4) is 0 Å². The first-order chi connectivity index (χ1) is 14.1. The third kappa shape index (κ3) is 5.98. The number of aryl methyl sites for hydroxylation is 1. The van der Waals surface area contributed by atoms with E-state index >= 15 is 0 Å². The lowest BCUT2D eigenvalue weighted by Gasteiger charge is -2.12. The molecule has 1 N–H and O–H groups in total. The number of thiocarbonyl (C=S) groups is 1. The maximum atomic E-state index is 11.8. The SMILES string of the molecule is CCc1ccc(OCCCOc2ccc(/C=C3/SC(=S)NC3=O)cc2OC)cc1. The zero-order chi connectivity index (χ0) is 20.6. The number of rotatable bonds is 9. The molecule has 1 aliphatic heterocycles. The molecule has 1 fully saturated rings. The minimum absolute atomic E-state index is 0.177. The van der Waals surface area contributed by atoms with Crippen LogP contribution >= 0.6 is 24.0 Å². The number of methoxy groups -OCH3 is 1. The Morgan fingerprint density at radius 3 is 2.48 bits per heavy atom. The number of amides is 1. The molecule has 0 aromatic heterocycles. The molecule has 0 atom stereocenters. The highest BCUT2D eigenvalue weighted by Gasteiger charge is 2.22. The Bertz CT molecular complexity index is 910. The molecule has 1 amide bonds. The van der Waals surface area contributed by atoms with E-state index < -0.39 is 0 Å². The highest BCUT2D eigenvalue weighted by Crippen LogP contribution is 2.31. The largest absolute Gasteiger partial charge is 0.493 e. The van der Waals surface area contributed by atoms with Crippen molar-refractivity contribution >= 4 is 40.3 Å². The minimum Gasteiger partial charge on any atom is -0.493 e. The zero-order valence-corrected chi connectivity index (χ0v) is 18.0. The fraction of sp³-hybridized carbons (Fsp3) is 0.273. The first-order valence-corrected chi connectivity index (χ1v) is 10.6. The third-order valence-corrected chi connectivity index (χ3v) is 5.44. The van der Waals surface area contributed by atoms with Gasteiger partial charge < -0.3 is 19.5 Å². The molecule has 1 aliphatic rings. The molecule has 1 saturated heterocycles. The number of carbonyl (C=O) groups is 1. The van der Waals surface area contributed by atoms with Gasteiger partial charge in [0, 0.05) is 6.42 Å². The van der Waals surface area contributed by atoms with E-state index in [-0.39, 0.29) is 5.91 Å². The van der Waals surface area contributed by atoms with Crippen molar-refractivity contribution in [3.05, 3.63) is 58.5 Å². The van der Waals surface area contributed by atoms with Gasteiger partial charge in [0.2, 0.25) is 0 Å². The van der Waals surface area contributed by atoms with Crippen LogP contribution in [0, 0.1) is 0 Å². The molecule has 1 heterocycles. The van der Waals surface area contributed by atoms with E-state index in [0.29, 0.717) is 33.9 Å². The molecule has 5 nitrogen and oxygen atoms in total. The van der Waals surface area contributed by atoms with Crippen LogP contribution in [0.1, 0.15) is 24.5 Å². The van der Waals surface area contributed by atoms with Crippen molar-refractivity contribution in [3.63, 3.8) is 0 Å². The second-order valence-electron chi connectivity index (χ2n) is 6.31. The summed E-state index contributed by atoms with van der Waals surface area (Å²) in [6, 6.07) is 13.7.